The molecule has 0 spiro atoms. The van der Waals surface area contributed by atoms with Gasteiger partial charge < -0.3 is 19.5 Å². The van der Waals surface area contributed by atoms with E-state index in [1.165, 1.54) is 0 Å². The molecule has 0 aliphatic rings. The molecule has 6 nitrogen and oxygen atoms in total. The van der Waals surface area contributed by atoms with Crippen LogP contribution in [0.25, 0.3) is 0 Å². The summed E-state index contributed by atoms with van der Waals surface area (Å²) in [4.78, 5) is 11.9. The molecule has 0 atom stereocenters. The minimum absolute atomic E-state index is 0.107. The van der Waals surface area contributed by atoms with E-state index in [1.807, 2.05) is 12.1 Å². The fraction of sp³-hybridized carbons (Fsp3) is 0.222. The summed E-state index contributed by atoms with van der Waals surface area (Å²) in [6.07, 6.45) is 0. The number of nitriles is 1. The van der Waals surface area contributed by atoms with Gasteiger partial charge in [0.25, 0.3) is 5.91 Å². The van der Waals surface area contributed by atoms with Gasteiger partial charge in [0.1, 0.15) is 17.2 Å². The van der Waals surface area contributed by atoms with Crippen molar-refractivity contribution in [2.45, 2.75) is 6.54 Å². The number of nitrogens with zero attached hydrogens (tertiary/aromatic N) is 1. The van der Waals surface area contributed by atoms with Gasteiger partial charge in [-0.1, -0.05) is 0 Å². The second kappa shape index (κ2) is 8.44. The van der Waals surface area contributed by atoms with Crippen LogP contribution in [-0.2, 0) is 11.3 Å². The first-order valence-corrected chi connectivity index (χ1v) is 7.27. The van der Waals surface area contributed by atoms with Crippen LogP contribution in [0.3, 0.4) is 0 Å². The highest BCUT2D eigenvalue weighted by atomic mass is 16.5. The molecule has 0 saturated carbocycles. The number of ether oxygens (including phenoxy) is 3. The van der Waals surface area contributed by atoms with Crippen LogP contribution >= 0.6 is 0 Å². The van der Waals surface area contributed by atoms with E-state index in [0.29, 0.717) is 29.4 Å². The molecule has 0 aliphatic carbocycles. The fourth-order valence-corrected chi connectivity index (χ4v) is 2.02. The topological polar surface area (TPSA) is 80.6 Å². The van der Waals surface area contributed by atoms with Gasteiger partial charge in [-0.2, -0.15) is 5.26 Å². The van der Waals surface area contributed by atoms with Gasteiger partial charge in [-0.15, -0.1) is 0 Å². The number of rotatable bonds is 7. The molecule has 1 amide bonds. The maximum atomic E-state index is 11.9. The van der Waals surface area contributed by atoms with E-state index in [4.69, 9.17) is 19.5 Å². The smallest absolute Gasteiger partial charge is 0.258 e. The Morgan fingerprint density at radius 1 is 1.08 bits per heavy atom. The number of carbonyl (C=O) groups excluding carboxylic acids is 1. The van der Waals surface area contributed by atoms with Crippen LogP contribution in [0.1, 0.15) is 11.1 Å². The lowest BCUT2D eigenvalue weighted by molar-refractivity contribution is -0.123. The SMILES string of the molecule is COc1ccc(CNC(=O)COc2ccc(C#N)cc2)c(OC)c1. The van der Waals surface area contributed by atoms with E-state index in [-0.39, 0.29) is 12.5 Å². The summed E-state index contributed by atoms with van der Waals surface area (Å²) in [6, 6.07) is 14.0. The molecule has 0 unspecified atom stereocenters. The maximum absolute atomic E-state index is 11.9. The minimum Gasteiger partial charge on any atom is -0.497 e. The summed E-state index contributed by atoms with van der Waals surface area (Å²) in [5.74, 6) is 1.61. The molecular formula is C18H18N2O4. The van der Waals surface area contributed by atoms with Crippen LogP contribution < -0.4 is 19.5 Å². The van der Waals surface area contributed by atoms with E-state index in [0.717, 1.165) is 5.56 Å². The third-order valence-corrected chi connectivity index (χ3v) is 3.32. The van der Waals surface area contributed by atoms with Gasteiger partial charge in [0.2, 0.25) is 0 Å². The van der Waals surface area contributed by atoms with Gasteiger partial charge in [0.15, 0.2) is 6.61 Å². The molecule has 1 N–H and O–H groups in total. The molecule has 0 fully saturated rings. The molecule has 0 saturated heterocycles. The van der Waals surface area contributed by atoms with Gasteiger partial charge in [-0.3, -0.25) is 4.79 Å². The molecule has 0 radical (unpaired) electrons. The van der Waals surface area contributed by atoms with Crippen molar-refractivity contribution >= 4 is 5.91 Å². The average Bonchev–Trinajstić information content (AvgIpc) is 2.64. The normalized spacial score (nSPS) is 9.71. The summed E-state index contributed by atoms with van der Waals surface area (Å²) in [7, 11) is 3.14. The number of nitrogens with one attached hydrogen (secondary N) is 1. The zero-order valence-electron chi connectivity index (χ0n) is 13.5. The lowest BCUT2D eigenvalue weighted by atomic mass is 10.2. The van der Waals surface area contributed by atoms with Crippen LogP contribution in [0.4, 0.5) is 0 Å². The van der Waals surface area contributed by atoms with Crippen molar-refractivity contribution in [1.29, 1.82) is 5.26 Å². The van der Waals surface area contributed by atoms with Crippen molar-refractivity contribution in [2.24, 2.45) is 0 Å². The largest absolute Gasteiger partial charge is 0.497 e. The fourth-order valence-electron chi connectivity index (χ4n) is 2.02. The third kappa shape index (κ3) is 4.65. The van der Waals surface area contributed by atoms with Gasteiger partial charge in [0, 0.05) is 18.2 Å². The van der Waals surface area contributed by atoms with E-state index in [2.05, 4.69) is 5.32 Å². The molecule has 0 heterocycles. The van der Waals surface area contributed by atoms with Crippen LogP contribution in [0.2, 0.25) is 0 Å². The highest BCUT2D eigenvalue weighted by molar-refractivity contribution is 5.77. The van der Waals surface area contributed by atoms with Gasteiger partial charge in [-0.05, 0) is 36.4 Å². The Morgan fingerprint density at radius 2 is 1.79 bits per heavy atom. The molecule has 6 heteroatoms. The van der Waals surface area contributed by atoms with E-state index in [1.54, 1.807) is 50.6 Å². The van der Waals surface area contributed by atoms with Crippen molar-refractivity contribution < 1.29 is 19.0 Å². The van der Waals surface area contributed by atoms with Crippen LogP contribution in [-0.4, -0.2) is 26.7 Å². The first-order chi connectivity index (χ1) is 11.7. The van der Waals surface area contributed by atoms with Crippen LogP contribution in [0, 0.1) is 11.3 Å². The summed E-state index contributed by atoms with van der Waals surface area (Å²) < 4.78 is 15.8. The van der Waals surface area contributed by atoms with E-state index < -0.39 is 0 Å². The zero-order valence-corrected chi connectivity index (χ0v) is 13.5. The second-order valence-corrected chi connectivity index (χ2v) is 4.88. The Bertz CT molecular complexity index is 736. The predicted molar refractivity (Wildman–Crippen MR) is 88.0 cm³/mol. The molecule has 2 aromatic rings. The number of benzene rings is 2. The molecule has 2 aromatic carbocycles. The molecule has 124 valence electrons. The Hall–Kier alpha value is -3.20. The Morgan fingerprint density at radius 3 is 2.42 bits per heavy atom. The molecule has 2 rings (SSSR count). The molecule has 0 bridgehead atoms. The van der Waals surface area contributed by atoms with Crippen molar-refractivity contribution in [3.05, 3.63) is 53.6 Å². The Balaban J connectivity index is 1.85. The highest BCUT2D eigenvalue weighted by Gasteiger charge is 2.08. The van der Waals surface area contributed by atoms with Crippen LogP contribution in [0.15, 0.2) is 42.5 Å². The maximum Gasteiger partial charge on any atom is 0.258 e. The first kappa shape index (κ1) is 17.2. The third-order valence-electron chi connectivity index (χ3n) is 3.32. The second-order valence-electron chi connectivity index (χ2n) is 4.88. The Kier molecular flexibility index (Phi) is 6.03. The lowest BCUT2D eigenvalue weighted by Crippen LogP contribution is -2.28. The number of carbonyl (C=O) groups is 1. The molecular weight excluding hydrogens is 308 g/mol. The van der Waals surface area contributed by atoms with Crippen LogP contribution in [0.5, 0.6) is 17.2 Å². The summed E-state index contributed by atoms with van der Waals surface area (Å²) in [5.41, 5.74) is 1.38. The zero-order chi connectivity index (χ0) is 17.4. The van der Waals surface area contributed by atoms with Crippen molar-refractivity contribution in [1.82, 2.24) is 5.32 Å². The Labute approximate surface area is 140 Å². The van der Waals surface area contributed by atoms with Gasteiger partial charge in [-0.25, -0.2) is 0 Å². The molecule has 24 heavy (non-hydrogen) atoms. The van der Waals surface area contributed by atoms with Crippen molar-refractivity contribution in [3.63, 3.8) is 0 Å². The summed E-state index contributed by atoms with van der Waals surface area (Å²) >= 11 is 0. The van der Waals surface area contributed by atoms with Crippen molar-refractivity contribution in [2.75, 3.05) is 20.8 Å². The van der Waals surface area contributed by atoms with Crippen molar-refractivity contribution in [3.8, 4) is 23.3 Å². The first-order valence-electron chi connectivity index (χ1n) is 7.27. The standard InChI is InChI=1S/C18H18N2O4/c1-22-16-8-5-14(17(9-16)23-2)11-20-18(21)12-24-15-6-3-13(10-19)4-7-15/h3-9H,11-12H2,1-2H3,(H,20,21). The minimum atomic E-state index is -0.253. The monoisotopic (exact) mass is 326 g/mol. The average molecular weight is 326 g/mol. The molecule has 0 aliphatic heterocycles. The number of hydrogen-bond donors (Lipinski definition) is 1. The van der Waals surface area contributed by atoms with E-state index >= 15 is 0 Å². The predicted octanol–water partition coefficient (Wildman–Crippen LogP) is 2.27. The number of amides is 1. The molecule has 0 aromatic heterocycles. The van der Waals surface area contributed by atoms with Gasteiger partial charge in [0.05, 0.1) is 25.9 Å². The lowest BCUT2D eigenvalue weighted by Gasteiger charge is -2.12. The quantitative estimate of drug-likeness (QED) is 0.844. The highest BCUT2D eigenvalue weighted by Crippen LogP contribution is 2.24. The number of hydrogen-bond acceptors (Lipinski definition) is 5. The van der Waals surface area contributed by atoms with E-state index in [9.17, 15) is 4.79 Å². The summed E-state index contributed by atoms with van der Waals surface area (Å²) in [5, 5.41) is 11.5. The summed E-state index contributed by atoms with van der Waals surface area (Å²) in [6.45, 7) is 0.215. The number of methoxy groups -OCH3 is 2. The van der Waals surface area contributed by atoms with Gasteiger partial charge >= 0.3 is 0 Å².